The Kier molecular flexibility index (Phi) is 6.33. The SMILES string of the molecule is Cc1cc(-n2c3ccccc3c3ccccc32)c(C)cc1-c1ccc2c(-c3ccccc3)c3ccccc3c(-c3ccccc3)c2c1. The summed E-state index contributed by atoms with van der Waals surface area (Å²) in [6, 6.07) is 60.0. The molecule has 222 valence electrons. The van der Waals surface area contributed by atoms with Crippen molar-refractivity contribution in [2.75, 3.05) is 0 Å². The fraction of sp³-hybridized carbons (Fsp3) is 0.0435. The molecule has 47 heavy (non-hydrogen) atoms. The van der Waals surface area contributed by atoms with Gasteiger partial charge in [0.25, 0.3) is 0 Å². The van der Waals surface area contributed by atoms with Crippen LogP contribution in [0.2, 0.25) is 0 Å². The van der Waals surface area contributed by atoms with E-state index in [0.29, 0.717) is 0 Å². The molecule has 0 atom stereocenters. The summed E-state index contributed by atoms with van der Waals surface area (Å²) in [5, 5.41) is 7.67. The number of hydrogen-bond donors (Lipinski definition) is 0. The van der Waals surface area contributed by atoms with Crippen LogP contribution in [-0.2, 0) is 0 Å². The van der Waals surface area contributed by atoms with Crippen molar-refractivity contribution in [1.29, 1.82) is 0 Å². The number of aromatic nitrogens is 1. The van der Waals surface area contributed by atoms with E-state index in [-0.39, 0.29) is 0 Å². The average Bonchev–Trinajstić information content (AvgIpc) is 3.46. The minimum absolute atomic E-state index is 1.23. The zero-order chi connectivity index (χ0) is 31.5. The van der Waals surface area contributed by atoms with Gasteiger partial charge < -0.3 is 4.57 Å². The summed E-state index contributed by atoms with van der Waals surface area (Å²) >= 11 is 0. The van der Waals surface area contributed by atoms with Crippen molar-refractivity contribution in [3.63, 3.8) is 0 Å². The monoisotopic (exact) mass is 599 g/mol. The van der Waals surface area contributed by atoms with Crippen molar-refractivity contribution < 1.29 is 0 Å². The van der Waals surface area contributed by atoms with Gasteiger partial charge in [0.2, 0.25) is 0 Å². The third-order valence-corrected chi connectivity index (χ3v) is 9.82. The van der Waals surface area contributed by atoms with E-state index in [4.69, 9.17) is 0 Å². The first-order valence-electron chi connectivity index (χ1n) is 16.4. The van der Waals surface area contributed by atoms with Crippen LogP contribution in [0, 0.1) is 13.8 Å². The molecule has 0 N–H and O–H groups in total. The summed E-state index contributed by atoms with van der Waals surface area (Å²) in [6.45, 7) is 4.50. The van der Waals surface area contributed by atoms with Crippen LogP contribution in [0.4, 0.5) is 0 Å². The van der Waals surface area contributed by atoms with Crippen molar-refractivity contribution in [3.05, 3.63) is 175 Å². The third kappa shape index (κ3) is 4.31. The Morgan fingerprint density at radius 3 is 1.38 bits per heavy atom. The Labute approximate surface area is 275 Å². The lowest BCUT2D eigenvalue weighted by Crippen LogP contribution is -1.99. The molecule has 1 heteroatoms. The molecule has 0 aliphatic heterocycles. The maximum atomic E-state index is 2.43. The minimum atomic E-state index is 1.23. The standard InChI is InChI=1S/C46H33N/c1-30-28-44(47-42-23-13-11-19-35(42)36-20-12-14-24-43(36)47)31(2)27-40(30)34-25-26-39-41(29-34)46(33-17-7-4-8-18-33)38-22-10-9-21-37(38)45(39)32-15-5-3-6-16-32/h3-29H,1-2H3. The number of rotatable bonds is 4. The zero-order valence-electron chi connectivity index (χ0n) is 26.5. The Morgan fingerprint density at radius 2 is 0.809 bits per heavy atom. The van der Waals surface area contributed by atoms with Crippen LogP contribution in [0.15, 0.2) is 164 Å². The summed E-state index contributed by atoms with van der Waals surface area (Å²) in [5.41, 5.74) is 13.8. The summed E-state index contributed by atoms with van der Waals surface area (Å²) in [6.07, 6.45) is 0. The highest BCUT2D eigenvalue weighted by Gasteiger charge is 2.19. The van der Waals surface area contributed by atoms with Crippen molar-refractivity contribution in [2.45, 2.75) is 13.8 Å². The molecule has 0 spiro atoms. The number of nitrogens with zero attached hydrogens (tertiary/aromatic N) is 1. The van der Waals surface area contributed by atoms with Crippen LogP contribution in [0.1, 0.15) is 11.1 Å². The molecule has 0 aliphatic rings. The number of fused-ring (bicyclic) bond motifs is 5. The first-order valence-corrected chi connectivity index (χ1v) is 16.4. The molecule has 0 aliphatic carbocycles. The van der Waals surface area contributed by atoms with Gasteiger partial charge in [-0.2, -0.15) is 0 Å². The van der Waals surface area contributed by atoms with Crippen LogP contribution in [0.5, 0.6) is 0 Å². The number of para-hydroxylation sites is 2. The van der Waals surface area contributed by atoms with E-state index in [0.717, 1.165) is 0 Å². The lowest BCUT2D eigenvalue weighted by molar-refractivity contribution is 1.14. The van der Waals surface area contributed by atoms with Gasteiger partial charge in [-0.25, -0.2) is 0 Å². The smallest absolute Gasteiger partial charge is 0.0541 e. The Morgan fingerprint density at radius 1 is 0.340 bits per heavy atom. The molecule has 9 aromatic rings. The fourth-order valence-corrected chi connectivity index (χ4v) is 7.71. The van der Waals surface area contributed by atoms with Crippen LogP contribution in [0.3, 0.4) is 0 Å². The van der Waals surface area contributed by atoms with Crippen molar-refractivity contribution in [3.8, 4) is 39.1 Å². The first-order chi connectivity index (χ1) is 23.2. The molecule has 0 fully saturated rings. The summed E-state index contributed by atoms with van der Waals surface area (Å²) in [4.78, 5) is 0. The average molecular weight is 600 g/mol. The summed E-state index contributed by atoms with van der Waals surface area (Å²) < 4.78 is 2.43. The van der Waals surface area contributed by atoms with E-state index in [1.54, 1.807) is 0 Å². The van der Waals surface area contributed by atoms with Crippen molar-refractivity contribution >= 4 is 43.4 Å². The highest BCUT2D eigenvalue weighted by molar-refractivity contribution is 6.22. The molecule has 0 unspecified atom stereocenters. The van der Waals surface area contributed by atoms with Gasteiger partial charge in [0, 0.05) is 16.5 Å². The number of aryl methyl sites for hydroxylation is 2. The second-order valence-corrected chi connectivity index (χ2v) is 12.6. The number of benzene rings is 8. The Hall–Kier alpha value is -5.92. The van der Waals surface area contributed by atoms with Gasteiger partial charge >= 0.3 is 0 Å². The molecule has 1 heterocycles. The maximum absolute atomic E-state index is 2.43. The highest BCUT2D eigenvalue weighted by atomic mass is 15.0. The van der Waals surface area contributed by atoms with Gasteiger partial charge in [0.05, 0.1) is 11.0 Å². The fourth-order valence-electron chi connectivity index (χ4n) is 7.71. The van der Waals surface area contributed by atoms with E-state index < -0.39 is 0 Å². The molecule has 0 radical (unpaired) electrons. The molecule has 0 saturated carbocycles. The zero-order valence-corrected chi connectivity index (χ0v) is 26.5. The topological polar surface area (TPSA) is 4.93 Å². The van der Waals surface area contributed by atoms with Gasteiger partial charge in [-0.1, -0.05) is 133 Å². The third-order valence-electron chi connectivity index (χ3n) is 9.82. The van der Waals surface area contributed by atoms with Crippen LogP contribution >= 0.6 is 0 Å². The van der Waals surface area contributed by atoms with Crippen molar-refractivity contribution in [1.82, 2.24) is 4.57 Å². The molecule has 1 nitrogen and oxygen atoms in total. The quantitative estimate of drug-likeness (QED) is 0.177. The summed E-state index contributed by atoms with van der Waals surface area (Å²) in [5.74, 6) is 0. The largest absolute Gasteiger partial charge is 0.309 e. The van der Waals surface area contributed by atoms with Gasteiger partial charge in [-0.3, -0.25) is 0 Å². The molecule has 0 amide bonds. The van der Waals surface area contributed by atoms with Gasteiger partial charge in [0.15, 0.2) is 0 Å². The normalized spacial score (nSPS) is 11.6. The van der Waals surface area contributed by atoms with Gasteiger partial charge in [-0.05, 0) is 110 Å². The van der Waals surface area contributed by atoms with E-state index in [9.17, 15) is 0 Å². The molecule has 0 saturated heterocycles. The Balaban J connectivity index is 1.31. The number of hydrogen-bond acceptors (Lipinski definition) is 0. The molecular weight excluding hydrogens is 567 g/mol. The lowest BCUT2D eigenvalue weighted by Gasteiger charge is -2.20. The van der Waals surface area contributed by atoms with E-state index in [1.165, 1.54) is 93.5 Å². The second-order valence-electron chi connectivity index (χ2n) is 12.6. The van der Waals surface area contributed by atoms with Gasteiger partial charge in [-0.15, -0.1) is 0 Å². The molecule has 0 bridgehead atoms. The van der Waals surface area contributed by atoms with Crippen LogP contribution < -0.4 is 0 Å². The van der Waals surface area contributed by atoms with E-state index in [1.807, 2.05) is 0 Å². The molecule has 8 aromatic carbocycles. The predicted molar refractivity (Wildman–Crippen MR) is 202 cm³/mol. The van der Waals surface area contributed by atoms with Crippen LogP contribution in [0.25, 0.3) is 82.4 Å². The summed E-state index contributed by atoms with van der Waals surface area (Å²) in [7, 11) is 0. The van der Waals surface area contributed by atoms with Crippen molar-refractivity contribution in [2.24, 2.45) is 0 Å². The minimum Gasteiger partial charge on any atom is -0.309 e. The maximum Gasteiger partial charge on any atom is 0.0541 e. The van der Waals surface area contributed by atoms with Gasteiger partial charge in [0.1, 0.15) is 0 Å². The molecular formula is C46H33N. The first kappa shape index (κ1) is 27.4. The van der Waals surface area contributed by atoms with E-state index in [2.05, 4.69) is 182 Å². The lowest BCUT2D eigenvalue weighted by atomic mass is 9.84. The highest BCUT2D eigenvalue weighted by Crippen LogP contribution is 2.45. The molecule has 1 aromatic heterocycles. The predicted octanol–water partition coefficient (Wildman–Crippen LogP) is 12.7. The second kappa shape index (κ2) is 10.9. The van der Waals surface area contributed by atoms with Crippen LogP contribution in [-0.4, -0.2) is 4.57 Å². The van der Waals surface area contributed by atoms with E-state index >= 15 is 0 Å². The molecule has 9 rings (SSSR count). The Bertz CT molecular complexity index is 2570.